The average molecular weight is 681 g/mol. The molecular weight excluding hydrogens is 629 g/mol. The summed E-state index contributed by atoms with van der Waals surface area (Å²) < 4.78 is 2.38. The van der Waals surface area contributed by atoms with Gasteiger partial charge in [0.15, 0.2) is 0 Å². The third-order valence-corrected chi connectivity index (χ3v) is 14.9. The number of hydrogen-bond donors (Lipinski definition) is 0. The van der Waals surface area contributed by atoms with Crippen LogP contribution in [0.15, 0.2) is 103 Å². The summed E-state index contributed by atoms with van der Waals surface area (Å²) in [5.41, 5.74) is 15.5. The van der Waals surface area contributed by atoms with E-state index in [0.717, 1.165) is 17.8 Å². The lowest BCUT2D eigenvalue weighted by Crippen LogP contribution is -2.48. The van der Waals surface area contributed by atoms with Gasteiger partial charge in [0.1, 0.15) is 0 Å². The Morgan fingerprint density at radius 1 is 0.615 bits per heavy atom. The van der Waals surface area contributed by atoms with Gasteiger partial charge >= 0.3 is 0 Å². The normalized spacial score (nSPS) is 25.9. The molecule has 0 radical (unpaired) electrons. The van der Waals surface area contributed by atoms with Gasteiger partial charge in [0.2, 0.25) is 0 Å². The molecule has 52 heavy (non-hydrogen) atoms. The van der Waals surface area contributed by atoms with E-state index in [0.29, 0.717) is 11.3 Å². The zero-order chi connectivity index (χ0) is 34.8. The summed E-state index contributed by atoms with van der Waals surface area (Å²) in [4.78, 5) is 2.54. The molecule has 6 aliphatic rings. The number of aromatic nitrogens is 1. The fourth-order valence-electron chi connectivity index (χ4n) is 12.9. The van der Waals surface area contributed by atoms with Gasteiger partial charge in [-0.05, 0) is 162 Å². The van der Waals surface area contributed by atoms with Crippen molar-refractivity contribution < 1.29 is 0 Å². The molecule has 6 aromatic rings. The first kappa shape index (κ1) is 31.2. The SMILES string of the molecule is Cn1c2ccccc2c2c3c(ccc21)-c1ccc(N(c2ccc(C4CCCCC4)cc2)c2ccc(C45CC6CC(CC(C6)C4)C5)cc2)cc1C3(C)C. The lowest BCUT2D eigenvalue weighted by atomic mass is 9.48. The highest BCUT2D eigenvalue weighted by Gasteiger charge is 2.51. The van der Waals surface area contributed by atoms with Crippen molar-refractivity contribution >= 4 is 38.9 Å². The number of hydrogen-bond acceptors (Lipinski definition) is 1. The Balaban J connectivity index is 1.02. The predicted octanol–water partition coefficient (Wildman–Crippen LogP) is 13.6. The molecule has 5 saturated carbocycles. The van der Waals surface area contributed by atoms with Crippen molar-refractivity contribution in [3.8, 4) is 11.1 Å². The van der Waals surface area contributed by atoms with Crippen LogP contribution in [-0.4, -0.2) is 4.57 Å². The number of nitrogens with zero attached hydrogens (tertiary/aromatic N) is 2. The van der Waals surface area contributed by atoms with Gasteiger partial charge in [0.25, 0.3) is 0 Å². The highest BCUT2D eigenvalue weighted by molar-refractivity contribution is 6.13. The highest BCUT2D eigenvalue weighted by atomic mass is 15.1. The smallest absolute Gasteiger partial charge is 0.0492 e. The summed E-state index contributed by atoms with van der Waals surface area (Å²) in [7, 11) is 2.22. The third-order valence-electron chi connectivity index (χ3n) is 14.9. The second kappa shape index (κ2) is 11.3. The van der Waals surface area contributed by atoms with Gasteiger partial charge in [0, 0.05) is 51.3 Å². The molecule has 5 aromatic carbocycles. The molecule has 2 nitrogen and oxygen atoms in total. The van der Waals surface area contributed by atoms with E-state index in [1.54, 1.807) is 5.56 Å². The Hall–Kier alpha value is -4.30. The lowest BCUT2D eigenvalue weighted by molar-refractivity contribution is -0.00518. The van der Waals surface area contributed by atoms with Crippen LogP contribution in [0.3, 0.4) is 0 Å². The second-order valence-electron chi connectivity index (χ2n) is 18.3. The van der Waals surface area contributed by atoms with Crippen molar-refractivity contribution in [3.63, 3.8) is 0 Å². The molecular formula is C50H52N2. The quantitative estimate of drug-likeness (QED) is 0.176. The minimum Gasteiger partial charge on any atom is -0.344 e. The average Bonchev–Trinajstić information content (AvgIpc) is 3.58. The molecule has 262 valence electrons. The Labute approximate surface area is 309 Å². The molecule has 2 heteroatoms. The Kier molecular flexibility index (Phi) is 6.82. The second-order valence-corrected chi connectivity index (χ2v) is 18.3. The standard InChI is InChI=1S/C50H52N2/c1-49(2)44-28-40(21-22-41(44)42-23-24-46-47(48(42)49)43-11-7-8-12-45(43)51(46)3)52(38-17-13-36(14-18-38)35-9-5-4-6-10-35)39-19-15-37(16-20-39)50-29-32-25-33(30-50)27-34(26-32)31-50/h7-8,11-24,28,32-35H,4-6,9-10,25-27,29-31H2,1-3H3. The summed E-state index contributed by atoms with van der Waals surface area (Å²) in [5, 5.41) is 2.77. The molecule has 0 N–H and O–H groups in total. The van der Waals surface area contributed by atoms with E-state index < -0.39 is 0 Å². The maximum absolute atomic E-state index is 2.54. The maximum atomic E-state index is 2.54. The van der Waals surface area contributed by atoms with Crippen LogP contribution in [-0.2, 0) is 17.9 Å². The van der Waals surface area contributed by atoms with Crippen LogP contribution in [0.4, 0.5) is 17.1 Å². The lowest BCUT2D eigenvalue weighted by Gasteiger charge is -2.57. The first-order chi connectivity index (χ1) is 25.4. The summed E-state index contributed by atoms with van der Waals surface area (Å²) >= 11 is 0. The Morgan fingerprint density at radius 2 is 1.23 bits per heavy atom. The summed E-state index contributed by atoms with van der Waals surface area (Å²) in [6, 6.07) is 40.6. The van der Waals surface area contributed by atoms with Crippen molar-refractivity contribution in [2.75, 3.05) is 4.90 Å². The molecule has 0 saturated heterocycles. The van der Waals surface area contributed by atoms with Crippen LogP contribution in [0.1, 0.15) is 113 Å². The molecule has 5 fully saturated rings. The van der Waals surface area contributed by atoms with Crippen molar-refractivity contribution in [2.24, 2.45) is 24.8 Å². The van der Waals surface area contributed by atoms with E-state index in [1.165, 1.54) is 137 Å². The van der Waals surface area contributed by atoms with E-state index in [9.17, 15) is 0 Å². The molecule has 0 atom stereocenters. The van der Waals surface area contributed by atoms with Crippen molar-refractivity contribution in [3.05, 3.63) is 125 Å². The van der Waals surface area contributed by atoms with E-state index in [-0.39, 0.29) is 5.41 Å². The Bertz CT molecular complexity index is 2310. The summed E-state index contributed by atoms with van der Waals surface area (Å²) in [5.74, 6) is 3.58. The zero-order valence-electron chi connectivity index (χ0n) is 31.3. The van der Waals surface area contributed by atoms with Gasteiger partial charge in [-0.3, -0.25) is 0 Å². The van der Waals surface area contributed by atoms with E-state index >= 15 is 0 Å². The highest BCUT2D eigenvalue weighted by Crippen LogP contribution is 2.61. The molecule has 0 amide bonds. The summed E-state index contributed by atoms with van der Waals surface area (Å²) in [6.07, 6.45) is 15.5. The fraction of sp³-hybridized carbons (Fsp3) is 0.400. The number of aryl methyl sites for hydroxylation is 1. The molecule has 0 unspecified atom stereocenters. The van der Waals surface area contributed by atoms with Gasteiger partial charge in [-0.25, -0.2) is 0 Å². The van der Waals surface area contributed by atoms with Gasteiger partial charge < -0.3 is 9.47 Å². The number of para-hydroxylation sites is 1. The molecule has 1 heterocycles. The van der Waals surface area contributed by atoms with Gasteiger partial charge in [-0.2, -0.15) is 0 Å². The molecule has 0 aliphatic heterocycles. The molecule has 0 spiro atoms. The van der Waals surface area contributed by atoms with Gasteiger partial charge in [-0.1, -0.05) is 87.7 Å². The van der Waals surface area contributed by atoms with E-state index in [4.69, 9.17) is 0 Å². The van der Waals surface area contributed by atoms with Crippen LogP contribution in [0.25, 0.3) is 32.9 Å². The molecule has 1 aromatic heterocycles. The Morgan fingerprint density at radius 3 is 1.92 bits per heavy atom. The monoisotopic (exact) mass is 680 g/mol. The van der Waals surface area contributed by atoms with Crippen LogP contribution < -0.4 is 4.90 Å². The number of anilines is 3. The van der Waals surface area contributed by atoms with Crippen LogP contribution in [0.2, 0.25) is 0 Å². The fourth-order valence-corrected chi connectivity index (χ4v) is 12.9. The topological polar surface area (TPSA) is 8.17 Å². The number of benzene rings is 5. The largest absolute Gasteiger partial charge is 0.344 e. The third kappa shape index (κ3) is 4.55. The van der Waals surface area contributed by atoms with Crippen molar-refractivity contribution in [1.82, 2.24) is 4.57 Å². The minimum absolute atomic E-state index is 0.136. The minimum atomic E-state index is -0.136. The predicted molar refractivity (Wildman–Crippen MR) is 218 cm³/mol. The van der Waals surface area contributed by atoms with Crippen LogP contribution in [0.5, 0.6) is 0 Å². The molecule has 6 aliphatic carbocycles. The van der Waals surface area contributed by atoms with Crippen LogP contribution >= 0.6 is 0 Å². The molecule has 12 rings (SSSR count). The van der Waals surface area contributed by atoms with Crippen molar-refractivity contribution in [1.29, 1.82) is 0 Å². The summed E-state index contributed by atoms with van der Waals surface area (Å²) in [6.45, 7) is 4.90. The zero-order valence-corrected chi connectivity index (χ0v) is 31.3. The number of rotatable bonds is 5. The number of fused-ring (bicyclic) bond motifs is 7. The van der Waals surface area contributed by atoms with E-state index in [2.05, 4.69) is 133 Å². The maximum Gasteiger partial charge on any atom is 0.0492 e. The molecule has 4 bridgehead atoms. The van der Waals surface area contributed by atoms with E-state index in [1.807, 2.05) is 0 Å². The first-order valence-electron chi connectivity index (χ1n) is 20.5. The van der Waals surface area contributed by atoms with Gasteiger partial charge in [-0.15, -0.1) is 0 Å². The first-order valence-corrected chi connectivity index (χ1v) is 20.5. The van der Waals surface area contributed by atoms with Crippen molar-refractivity contribution in [2.45, 2.75) is 101 Å². The van der Waals surface area contributed by atoms with Crippen LogP contribution in [0, 0.1) is 17.8 Å². The van der Waals surface area contributed by atoms with Gasteiger partial charge in [0.05, 0.1) is 0 Å².